The molecule has 0 radical (unpaired) electrons. The number of hydrogen-bond donors (Lipinski definition) is 0. The molecule has 1 rings (SSSR count). The summed E-state index contributed by atoms with van der Waals surface area (Å²) in [4.78, 5) is 26.7. The summed E-state index contributed by atoms with van der Waals surface area (Å²) in [7, 11) is 1.88. The maximum atomic E-state index is 12.7. The molecule has 0 spiro atoms. The molecular formula is C21H33NO3. The molecule has 0 heterocycles. The van der Waals surface area contributed by atoms with Crippen LogP contribution in [0.5, 0.6) is 0 Å². The van der Waals surface area contributed by atoms with Crippen molar-refractivity contribution in [1.29, 1.82) is 0 Å². The third-order valence-electron chi connectivity index (χ3n) is 4.61. The summed E-state index contributed by atoms with van der Waals surface area (Å²) in [5, 5.41) is 0. The summed E-state index contributed by atoms with van der Waals surface area (Å²) in [5.74, 6) is -0.115. The smallest absolute Gasteiger partial charge is 0.323 e. The molecule has 0 saturated heterocycles. The molecular weight excluding hydrogens is 314 g/mol. The zero-order chi connectivity index (χ0) is 18.7. The van der Waals surface area contributed by atoms with E-state index in [4.69, 9.17) is 4.74 Å². The van der Waals surface area contributed by atoms with Crippen LogP contribution >= 0.6 is 0 Å². The van der Waals surface area contributed by atoms with E-state index in [1.165, 1.54) is 0 Å². The summed E-state index contributed by atoms with van der Waals surface area (Å²) in [5.41, 5.74) is 0.974. The highest BCUT2D eigenvalue weighted by Gasteiger charge is 2.31. The lowest BCUT2D eigenvalue weighted by atomic mass is 10.0. The predicted octanol–water partition coefficient (Wildman–Crippen LogP) is 4.37. The number of Topliss-reactive ketones (excluding diaryl/α,β-unsaturated/α-hetero) is 1. The zero-order valence-corrected chi connectivity index (χ0v) is 16.2. The topological polar surface area (TPSA) is 46.6 Å². The Balaban J connectivity index is 2.78. The van der Waals surface area contributed by atoms with Crippen LogP contribution in [0.2, 0.25) is 0 Å². The average Bonchev–Trinajstić information content (AvgIpc) is 2.61. The average molecular weight is 347 g/mol. The van der Waals surface area contributed by atoms with Crippen molar-refractivity contribution in [3.8, 4) is 0 Å². The number of rotatable bonds is 12. The number of benzene rings is 1. The lowest BCUT2D eigenvalue weighted by Gasteiger charge is -2.32. The number of carbonyl (C=O) groups is 2. The number of ether oxygens (including phenoxy) is 1. The Labute approximate surface area is 152 Å². The molecule has 1 aromatic carbocycles. The fourth-order valence-corrected chi connectivity index (χ4v) is 3.02. The Morgan fingerprint density at radius 2 is 1.56 bits per heavy atom. The van der Waals surface area contributed by atoms with Crippen molar-refractivity contribution in [3.63, 3.8) is 0 Å². The molecule has 0 aliphatic heterocycles. The van der Waals surface area contributed by atoms with E-state index in [2.05, 4.69) is 13.8 Å². The molecule has 4 nitrogen and oxygen atoms in total. The van der Waals surface area contributed by atoms with E-state index in [0.717, 1.165) is 44.1 Å². The fraction of sp³-hybridized carbons (Fsp3) is 0.619. The van der Waals surface area contributed by atoms with Crippen LogP contribution in [0.3, 0.4) is 0 Å². The van der Waals surface area contributed by atoms with Crippen molar-refractivity contribution in [2.75, 3.05) is 7.05 Å². The van der Waals surface area contributed by atoms with E-state index < -0.39 is 0 Å². The summed E-state index contributed by atoms with van der Waals surface area (Å²) >= 11 is 0. The van der Waals surface area contributed by atoms with E-state index in [1.54, 1.807) is 6.92 Å². The van der Waals surface area contributed by atoms with Crippen molar-refractivity contribution >= 4 is 11.8 Å². The van der Waals surface area contributed by atoms with Crippen molar-refractivity contribution in [2.24, 2.45) is 0 Å². The van der Waals surface area contributed by atoms with Gasteiger partial charge < -0.3 is 4.74 Å². The molecule has 2 unspecified atom stereocenters. The first-order valence-electron chi connectivity index (χ1n) is 9.44. The molecule has 4 heteroatoms. The van der Waals surface area contributed by atoms with E-state index >= 15 is 0 Å². The number of ketones is 1. The van der Waals surface area contributed by atoms with E-state index in [9.17, 15) is 9.59 Å². The molecule has 0 bridgehead atoms. The van der Waals surface area contributed by atoms with Crippen LogP contribution in [0.15, 0.2) is 30.3 Å². The van der Waals surface area contributed by atoms with Gasteiger partial charge in [0.05, 0.1) is 6.04 Å². The van der Waals surface area contributed by atoms with Gasteiger partial charge in [0.1, 0.15) is 18.4 Å². The summed E-state index contributed by atoms with van der Waals surface area (Å²) in [6, 6.07) is 9.10. The largest absolute Gasteiger partial charge is 0.460 e. The van der Waals surface area contributed by atoms with E-state index in [1.807, 2.05) is 42.3 Å². The van der Waals surface area contributed by atoms with Gasteiger partial charge in [0.15, 0.2) is 0 Å². The third-order valence-corrected chi connectivity index (χ3v) is 4.61. The quantitative estimate of drug-likeness (QED) is 0.527. The summed E-state index contributed by atoms with van der Waals surface area (Å²) in [6.07, 6.45) is 5.47. The fourth-order valence-electron chi connectivity index (χ4n) is 3.02. The SMILES string of the molecule is CCCCC(C(C)=O)N(C)C(CCCC)C(=O)OCc1ccccc1. The van der Waals surface area contributed by atoms with Crippen LogP contribution in [0, 0.1) is 0 Å². The van der Waals surface area contributed by atoms with Crippen LogP contribution in [-0.2, 0) is 20.9 Å². The van der Waals surface area contributed by atoms with Gasteiger partial charge in [-0.2, -0.15) is 0 Å². The van der Waals surface area contributed by atoms with Gasteiger partial charge in [-0.25, -0.2) is 0 Å². The highest BCUT2D eigenvalue weighted by Crippen LogP contribution is 2.18. The Hall–Kier alpha value is -1.68. The molecule has 0 aliphatic rings. The second-order valence-corrected chi connectivity index (χ2v) is 6.69. The molecule has 2 atom stereocenters. The van der Waals surface area contributed by atoms with Gasteiger partial charge in [-0.3, -0.25) is 14.5 Å². The van der Waals surface area contributed by atoms with Crippen LogP contribution < -0.4 is 0 Å². The van der Waals surface area contributed by atoms with E-state index in [-0.39, 0.29) is 30.4 Å². The maximum Gasteiger partial charge on any atom is 0.323 e. The Bertz CT molecular complexity index is 515. The Kier molecular flexibility index (Phi) is 10.1. The lowest BCUT2D eigenvalue weighted by molar-refractivity contribution is -0.152. The molecule has 25 heavy (non-hydrogen) atoms. The van der Waals surface area contributed by atoms with Gasteiger partial charge in [0.25, 0.3) is 0 Å². The molecule has 0 fully saturated rings. The lowest BCUT2D eigenvalue weighted by Crippen LogP contribution is -2.48. The number of hydrogen-bond acceptors (Lipinski definition) is 4. The van der Waals surface area contributed by atoms with Gasteiger partial charge in [0.2, 0.25) is 0 Å². The van der Waals surface area contributed by atoms with Crippen LogP contribution in [0.4, 0.5) is 0 Å². The van der Waals surface area contributed by atoms with Crippen molar-refractivity contribution in [2.45, 2.75) is 78.0 Å². The Morgan fingerprint density at radius 3 is 2.08 bits per heavy atom. The number of nitrogens with zero attached hydrogens (tertiary/aromatic N) is 1. The first-order valence-corrected chi connectivity index (χ1v) is 9.44. The molecule has 0 N–H and O–H groups in total. The zero-order valence-electron chi connectivity index (χ0n) is 16.2. The molecule has 140 valence electrons. The number of likely N-dealkylation sites (N-methyl/N-ethyl adjacent to an activating group) is 1. The van der Waals surface area contributed by atoms with Crippen molar-refractivity contribution in [3.05, 3.63) is 35.9 Å². The van der Waals surface area contributed by atoms with E-state index in [0.29, 0.717) is 0 Å². The molecule has 0 aliphatic carbocycles. The van der Waals surface area contributed by atoms with Gasteiger partial charge >= 0.3 is 5.97 Å². The summed E-state index contributed by atoms with van der Waals surface area (Å²) < 4.78 is 5.55. The van der Waals surface area contributed by atoms with Gasteiger partial charge in [0, 0.05) is 0 Å². The minimum absolute atomic E-state index is 0.119. The molecule has 0 aromatic heterocycles. The number of unbranched alkanes of at least 4 members (excludes halogenated alkanes) is 2. The molecule has 0 saturated carbocycles. The second kappa shape index (κ2) is 11.8. The highest BCUT2D eigenvalue weighted by atomic mass is 16.5. The van der Waals surface area contributed by atoms with Gasteiger partial charge in [-0.05, 0) is 32.4 Å². The maximum absolute atomic E-state index is 12.7. The predicted molar refractivity (Wildman–Crippen MR) is 101 cm³/mol. The van der Waals surface area contributed by atoms with Gasteiger partial charge in [-0.15, -0.1) is 0 Å². The molecule has 1 aromatic rings. The van der Waals surface area contributed by atoms with Crippen LogP contribution in [0.25, 0.3) is 0 Å². The second-order valence-electron chi connectivity index (χ2n) is 6.69. The third kappa shape index (κ3) is 7.39. The number of carbonyl (C=O) groups excluding carboxylic acids is 2. The molecule has 0 amide bonds. The van der Waals surface area contributed by atoms with Crippen molar-refractivity contribution in [1.82, 2.24) is 4.90 Å². The normalized spacial score (nSPS) is 13.5. The standard InChI is InChI=1S/C21H33NO3/c1-5-7-14-19(17(3)23)22(4)20(15-8-6-2)21(24)25-16-18-12-10-9-11-13-18/h9-13,19-20H,5-8,14-16H2,1-4H3. The first kappa shape index (κ1) is 21.4. The monoisotopic (exact) mass is 347 g/mol. The number of esters is 1. The minimum atomic E-state index is -0.366. The van der Waals surface area contributed by atoms with Crippen LogP contribution in [-0.4, -0.2) is 35.8 Å². The highest BCUT2D eigenvalue weighted by molar-refractivity contribution is 5.83. The summed E-state index contributed by atoms with van der Waals surface area (Å²) in [6.45, 7) is 6.10. The minimum Gasteiger partial charge on any atom is -0.460 e. The first-order chi connectivity index (χ1) is 12.0. The Morgan fingerprint density at radius 1 is 1.00 bits per heavy atom. The van der Waals surface area contributed by atoms with Crippen molar-refractivity contribution < 1.29 is 14.3 Å². The van der Waals surface area contributed by atoms with Gasteiger partial charge in [-0.1, -0.05) is 69.9 Å². The van der Waals surface area contributed by atoms with Crippen LogP contribution in [0.1, 0.15) is 64.9 Å².